The van der Waals surface area contributed by atoms with Crippen LogP contribution in [0.4, 0.5) is 4.39 Å². The zero-order valence-electron chi connectivity index (χ0n) is 13.6. The lowest BCUT2D eigenvalue weighted by Gasteiger charge is -2.34. The normalized spacial score (nSPS) is 15.7. The number of hydrogen-bond acceptors (Lipinski definition) is 3. The molecule has 0 aliphatic carbocycles. The molecule has 0 bridgehead atoms. The molecule has 5 nitrogen and oxygen atoms in total. The summed E-state index contributed by atoms with van der Waals surface area (Å²) in [5.41, 5.74) is 1.68. The third-order valence-corrected chi connectivity index (χ3v) is 4.58. The van der Waals surface area contributed by atoms with Crippen molar-refractivity contribution in [3.8, 4) is 0 Å². The van der Waals surface area contributed by atoms with E-state index in [4.69, 9.17) is 11.6 Å². The minimum atomic E-state index is -0.213. The van der Waals surface area contributed by atoms with Crippen LogP contribution in [-0.4, -0.2) is 51.7 Å². The maximum absolute atomic E-state index is 13.2. The highest BCUT2D eigenvalue weighted by Crippen LogP contribution is 2.13. The second-order valence-corrected chi connectivity index (χ2v) is 6.45. The Kier molecular flexibility index (Phi) is 5.16. The van der Waals surface area contributed by atoms with Crippen molar-refractivity contribution in [1.82, 2.24) is 19.6 Å². The highest BCUT2D eigenvalue weighted by atomic mass is 35.5. The van der Waals surface area contributed by atoms with Gasteiger partial charge < -0.3 is 4.90 Å². The highest BCUT2D eigenvalue weighted by molar-refractivity contribution is 6.31. The van der Waals surface area contributed by atoms with Crippen molar-refractivity contribution in [2.45, 2.75) is 20.0 Å². The monoisotopic (exact) mass is 350 g/mol. The Morgan fingerprint density at radius 1 is 1.29 bits per heavy atom. The number of aromatic nitrogens is 2. The van der Waals surface area contributed by atoms with Crippen LogP contribution in [0.15, 0.2) is 30.5 Å². The van der Waals surface area contributed by atoms with E-state index in [0.717, 1.165) is 24.3 Å². The molecular formula is C17H20ClFN4O. The fourth-order valence-electron chi connectivity index (χ4n) is 2.86. The van der Waals surface area contributed by atoms with Gasteiger partial charge in [-0.05, 0) is 24.6 Å². The van der Waals surface area contributed by atoms with E-state index in [0.29, 0.717) is 24.7 Å². The Bertz CT molecular complexity index is 706. The van der Waals surface area contributed by atoms with E-state index in [1.54, 1.807) is 23.0 Å². The van der Waals surface area contributed by atoms with E-state index in [9.17, 15) is 9.18 Å². The van der Waals surface area contributed by atoms with Crippen molar-refractivity contribution >= 4 is 17.5 Å². The number of rotatable bonds is 4. The summed E-state index contributed by atoms with van der Waals surface area (Å²) < 4.78 is 14.8. The second-order valence-electron chi connectivity index (χ2n) is 6.05. The number of carbonyl (C=O) groups excluding carboxylic acids is 1. The van der Waals surface area contributed by atoms with Gasteiger partial charge in [-0.2, -0.15) is 5.10 Å². The van der Waals surface area contributed by atoms with Gasteiger partial charge in [0.05, 0.1) is 10.7 Å². The summed E-state index contributed by atoms with van der Waals surface area (Å²) in [7, 11) is 0. The molecule has 1 aliphatic heterocycles. The maximum Gasteiger partial charge on any atom is 0.244 e. The number of piperazine rings is 1. The minimum Gasteiger partial charge on any atom is -0.339 e. The molecule has 1 aliphatic rings. The van der Waals surface area contributed by atoms with Crippen molar-refractivity contribution in [1.29, 1.82) is 0 Å². The zero-order chi connectivity index (χ0) is 17.1. The SMILES string of the molecule is Cc1nn(CC(=O)N2CCN(Cc3cccc(F)c3)CC2)cc1Cl. The van der Waals surface area contributed by atoms with Crippen molar-refractivity contribution in [3.63, 3.8) is 0 Å². The van der Waals surface area contributed by atoms with E-state index in [1.807, 2.05) is 17.9 Å². The van der Waals surface area contributed by atoms with Gasteiger partial charge in [-0.15, -0.1) is 0 Å². The summed E-state index contributed by atoms with van der Waals surface area (Å²) >= 11 is 5.96. The van der Waals surface area contributed by atoms with Crippen LogP contribution in [0.1, 0.15) is 11.3 Å². The number of amides is 1. The average Bonchev–Trinajstić information content (AvgIpc) is 2.86. The third kappa shape index (κ3) is 4.13. The number of carbonyl (C=O) groups is 1. The Morgan fingerprint density at radius 3 is 2.67 bits per heavy atom. The van der Waals surface area contributed by atoms with Gasteiger partial charge in [-0.1, -0.05) is 23.7 Å². The fourth-order valence-corrected chi connectivity index (χ4v) is 3.01. The number of hydrogen-bond donors (Lipinski definition) is 0. The molecular weight excluding hydrogens is 331 g/mol. The fraction of sp³-hybridized carbons (Fsp3) is 0.412. The van der Waals surface area contributed by atoms with Crippen LogP contribution in [0.3, 0.4) is 0 Å². The van der Waals surface area contributed by atoms with Crippen LogP contribution in [0, 0.1) is 12.7 Å². The van der Waals surface area contributed by atoms with E-state index in [2.05, 4.69) is 10.00 Å². The summed E-state index contributed by atoms with van der Waals surface area (Å²) in [6.07, 6.45) is 1.68. The minimum absolute atomic E-state index is 0.0413. The van der Waals surface area contributed by atoms with Crippen molar-refractivity contribution in [2.75, 3.05) is 26.2 Å². The van der Waals surface area contributed by atoms with Gasteiger partial charge in [0.1, 0.15) is 12.4 Å². The van der Waals surface area contributed by atoms with Gasteiger partial charge in [0, 0.05) is 38.9 Å². The van der Waals surface area contributed by atoms with E-state index in [-0.39, 0.29) is 18.3 Å². The molecule has 1 fully saturated rings. The van der Waals surface area contributed by atoms with E-state index < -0.39 is 0 Å². The Labute approximate surface area is 145 Å². The number of aryl methyl sites for hydroxylation is 1. The predicted octanol–water partition coefficient (Wildman–Crippen LogP) is 2.33. The first-order valence-corrected chi connectivity index (χ1v) is 8.33. The molecule has 0 unspecified atom stereocenters. The Hall–Kier alpha value is -1.92. The number of benzene rings is 1. The molecule has 2 heterocycles. The molecule has 1 saturated heterocycles. The largest absolute Gasteiger partial charge is 0.339 e. The highest BCUT2D eigenvalue weighted by Gasteiger charge is 2.21. The molecule has 0 saturated carbocycles. The molecule has 1 amide bonds. The topological polar surface area (TPSA) is 41.4 Å². The molecule has 7 heteroatoms. The Balaban J connectivity index is 1.50. The lowest BCUT2D eigenvalue weighted by Crippen LogP contribution is -2.49. The summed E-state index contributed by atoms with van der Waals surface area (Å²) in [5.74, 6) is -0.172. The quantitative estimate of drug-likeness (QED) is 0.849. The zero-order valence-corrected chi connectivity index (χ0v) is 14.3. The molecule has 128 valence electrons. The molecule has 24 heavy (non-hydrogen) atoms. The van der Waals surface area contributed by atoms with Gasteiger partial charge in [0.25, 0.3) is 0 Å². The molecule has 2 aromatic rings. The molecule has 0 N–H and O–H groups in total. The van der Waals surface area contributed by atoms with E-state index >= 15 is 0 Å². The molecule has 0 radical (unpaired) electrons. The molecule has 1 aromatic carbocycles. The predicted molar refractivity (Wildman–Crippen MR) is 90.2 cm³/mol. The molecule has 0 spiro atoms. The lowest BCUT2D eigenvalue weighted by molar-refractivity contribution is -0.133. The van der Waals surface area contributed by atoms with Gasteiger partial charge in [0.2, 0.25) is 5.91 Å². The van der Waals surface area contributed by atoms with Gasteiger partial charge in [0.15, 0.2) is 0 Å². The summed E-state index contributed by atoms with van der Waals surface area (Å²) in [6, 6.07) is 6.65. The van der Waals surface area contributed by atoms with Crippen LogP contribution in [0.25, 0.3) is 0 Å². The van der Waals surface area contributed by atoms with E-state index in [1.165, 1.54) is 6.07 Å². The van der Waals surface area contributed by atoms with Crippen LogP contribution < -0.4 is 0 Å². The van der Waals surface area contributed by atoms with Crippen LogP contribution >= 0.6 is 11.6 Å². The second kappa shape index (κ2) is 7.32. The third-order valence-electron chi connectivity index (χ3n) is 4.20. The smallest absolute Gasteiger partial charge is 0.244 e. The maximum atomic E-state index is 13.2. The summed E-state index contributed by atoms with van der Waals surface area (Å²) in [4.78, 5) is 16.4. The average molecular weight is 351 g/mol. The lowest BCUT2D eigenvalue weighted by atomic mass is 10.2. The van der Waals surface area contributed by atoms with Crippen molar-refractivity contribution < 1.29 is 9.18 Å². The first-order valence-electron chi connectivity index (χ1n) is 7.95. The van der Waals surface area contributed by atoms with Gasteiger partial charge in [-0.25, -0.2) is 4.39 Å². The standard InChI is InChI=1S/C17H20ClFN4O/c1-13-16(18)11-23(20-13)12-17(24)22-7-5-21(6-8-22)10-14-3-2-4-15(19)9-14/h2-4,9,11H,5-8,10,12H2,1H3. The molecule has 0 atom stereocenters. The van der Waals surface area contributed by atoms with Gasteiger partial charge >= 0.3 is 0 Å². The first kappa shape index (κ1) is 16.9. The van der Waals surface area contributed by atoms with Gasteiger partial charge in [-0.3, -0.25) is 14.4 Å². The van der Waals surface area contributed by atoms with Crippen LogP contribution in [-0.2, 0) is 17.9 Å². The Morgan fingerprint density at radius 2 is 2.04 bits per heavy atom. The molecule has 3 rings (SSSR count). The summed E-state index contributed by atoms with van der Waals surface area (Å²) in [5, 5.41) is 4.79. The molecule has 1 aromatic heterocycles. The van der Waals surface area contributed by atoms with Crippen molar-refractivity contribution in [3.05, 3.63) is 52.6 Å². The van der Waals surface area contributed by atoms with Crippen molar-refractivity contribution in [2.24, 2.45) is 0 Å². The number of nitrogens with zero attached hydrogens (tertiary/aromatic N) is 4. The first-order chi connectivity index (χ1) is 11.5. The summed E-state index contributed by atoms with van der Waals surface area (Å²) in [6.45, 7) is 5.62. The number of halogens is 2. The van der Waals surface area contributed by atoms with Crippen LogP contribution in [0.2, 0.25) is 5.02 Å². The van der Waals surface area contributed by atoms with Crippen LogP contribution in [0.5, 0.6) is 0 Å².